The van der Waals surface area contributed by atoms with Crippen LogP contribution in [0.3, 0.4) is 0 Å². The smallest absolute Gasteiger partial charge is 0.211 e. The SMILES string of the molecule is CC(CCN=C=O)CC(C)(C)CN=C=O.O=C=NCCCCCCCCCCCCN=C=O.O=C=NCCCCCCCCN=C=O.O=C=NCCCCCCN=C=O. The Hall–Kier alpha value is -4.96. The predicted octanol–water partition coefficient (Wildman–Crippen LogP) is 8.88. The van der Waals surface area contributed by atoms with Crippen LogP contribution in [0.15, 0.2) is 39.9 Å². The molecule has 0 spiro atoms. The molecule has 0 aliphatic carbocycles. The summed E-state index contributed by atoms with van der Waals surface area (Å²) in [6, 6.07) is 0. The van der Waals surface area contributed by atoms with Gasteiger partial charge in [0.05, 0.1) is 52.4 Å². The molecule has 0 aromatic rings. The average molecular weight is 827 g/mol. The molecule has 0 fully saturated rings. The van der Waals surface area contributed by atoms with Gasteiger partial charge >= 0.3 is 0 Å². The van der Waals surface area contributed by atoms with E-state index in [1.54, 1.807) is 18.2 Å². The van der Waals surface area contributed by atoms with Crippen molar-refractivity contribution in [3.63, 3.8) is 0 Å². The Balaban J connectivity index is -0.000000345. The summed E-state index contributed by atoms with van der Waals surface area (Å²) in [7, 11) is 0. The van der Waals surface area contributed by atoms with Crippen LogP contribution in [0.2, 0.25) is 0 Å². The van der Waals surface area contributed by atoms with E-state index in [0.29, 0.717) is 58.3 Å². The maximum absolute atomic E-state index is 10.00. The van der Waals surface area contributed by atoms with Crippen molar-refractivity contribution in [2.75, 3.05) is 52.4 Å². The highest BCUT2D eigenvalue weighted by molar-refractivity contribution is 5.34. The van der Waals surface area contributed by atoms with Crippen molar-refractivity contribution in [3.05, 3.63) is 0 Å². The van der Waals surface area contributed by atoms with Crippen molar-refractivity contribution < 1.29 is 38.4 Å². The first-order valence-corrected chi connectivity index (χ1v) is 21.1. The molecule has 0 saturated heterocycles. The summed E-state index contributed by atoms with van der Waals surface area (Å²) in [5, 5.41) is 0. The van der Waals surface area contributed by atoms with E-state index in [4.69, 9.17) is 0 Å². The van der Waals surface area contributed by atoms with Gasteiger partial charge in [-0.3, -0.25) is 0 Å². The monoisotopic (exact) mass is 827 g/mol. The van der Waals surface area contributed by atoms with E-state index in [0.717, 1.165) is 103 Å². The average Bonchev–Trinajstić information content (AvgIpc) is 3.22. The van der Waals surface area contributed by atoms with E-state index in [2.05, 4.69) is 60.7 Å². The van der Waals surface area contributed by atoms with Gasteiger partial charge in [0.2, 0.25) is 48.6 Å². The largest absolute Gasteiger partial charge is 0.234 e. The summed E-state index contributed by atoms with van der Waals surface area (Å²) in [4.78, 5) is 106. The minimum absolute atomic E-state index is 0.00171. The highest BCUT2D eigenvalue weighted by Gasteiger charge is 2.20. The molecule has 16 heteroatoms. The molecule has 0 amide bonds. The van der Waals surface area contributed by atoms with Crippen molar-refractivity contribution >= 4 is 48.6 Å². The zero-order valence-electron chi connectivity index (χ0n) is 36.1. The molecule has 1 unspecified atom stereocenters. The lowest BCUT2D eigenvalue weighted by atomic mass is 9.82. The second-order valence-electron chi connectivity index (χ2n) is 14.6. The highest BCUT2D eigenvalue weighted by atomic mass is 16.1. The maximum atomic E-state index is 10.00. The third kappa shape index (κ3) is 68.1. The summed E-state index contributed by atoms with van der Waals surface area (Å²) in [6.45, 7) is 10.8. The van der Waals surface area contributed by atoms with Crippen LogP contribution >= 0.6 is 0 Å². The Kier molecular flexibility index (Phi) is 59.0. The molecule has 59 heavy (non-hydrogen) atoms. The number of nitrogens with zero attached hydrogens (tertiary/aromatic N) is 8. The molecule has 0 aromatic carbocycles. The quantitative estimate of drug-likeness (QED) is 0.0335. The highest BCUT2D eigenvalue weighted by Crippen LogP contribution is 2.27. The summed E-state index contributed by atoms with van der Waals surface area (Å²) < 4.78 is 0. The zero-order chi connectivity index (χ0) is 44.6. The van der Waals surface area contributed by atoms with Crippen molar-refractivity contribution in [3.8, 4) is 0 Å². The lowest BCUT2D eigenvalue weighted by Crippen LogP contribution is -2.19. The molecule has 0 aliphatic heterocycles. The van der Waals surface area contributed by atoms with Crippen LogP contribution in [0.4, 0.5) is 0 Å². The predicted molar refractivity (Wildman–Crippen MR) is 228 cm³/mol. The minimum atomic E-state index is 0.00171. The second kappa shape index (κ2) is 57.4. The van der Waals surface area contributed by atoms with Gasteiger partial charge in [-0.15, -0.1) is 0 Å². The third-order valence-electron chi connectivity index (χ3n) is 8.53. The standard InChI is InChI=1S/C14H24N2O2.C11H18N2O2.C10H16N2O2.C8H12N2O2/c17-13-15-11-9-7-5-3-1-2-4-6-8-10-12-16-14-18;1-10(4-5-12-8-14)6-11(2,3)7-13-9-15;13-9-11-7-5-3-1-2-4-6-8-12-10-14;11-7-9-5-3-1-2-4-6-10-8-12/h1-12H2;10H,4-7H2,1-3H3;1-8H2;1-6H2. The maximum Gasteiger partial charge on any atom is 0.234 e. The Bertz CT molecular complexity index is 1290. The lowest BCUT2D eigenvalue weighted by Gasteiger charge is -2.25. The first kappa shape index (κ1) is 60.7. The molecule has 330 valence electrons. The molecule has 0 aliphatic rings. The van der Waals surface area contributed by atoms with E-state index in [1.807, 2.05) is 0 Å². The van der Waals surface area contributed by atoms with Gasteiger partial charge in [0.1, 0.15) is 0 Å². The van der Waals surface area contributed by atoms with Crippen molar-refractivity contribution in [1.29, 1.82) is 0 Å². The van der Waals surface area contributed by atoms with Crippen LogP contribution in [-0.2, 0) is 38.4 Å². The number of aliphatic imine (C=N–C) groups is 8. The third-order valence-corrected chi connectivity index (χ3v) is 8.53. The fourth-order valence-electron chi connectivity index (χ4n) is 5.58. The number of unbranched alkanes of at least 4 members (excludes halogenated alkanes) is 17. The van der Waals surface area contributed by atoms with Gasteiger partial charge in [-0.2, -0.15) is 0 Å². The molecule has 0 N–H and O–H groups in total. The van der Waals surface area contributed by atoms with Crippen LogP contribution < -0.4 is 0 Å². The van der Waals surface area contributed by atoms with Gasteiger partial charge in [0, 0.05) is 0 Å². The van der Waals surface area contributed by atoms with Crippen LogP contribution in [-0.4, -0.2) is 101 Å². The first-order valence-electron chi connectivity index (χ1n) is 21.1. The number of hydrogen-bond donors (Lipinski definition) is 0. The van der Waals surface area contributed by atoms with E-state index >= 15 is 0 Å². The van der Waals surface area contributed by atoms with Crippen LogP contribution in [0.25, 0.3) is 0 Å². The van der Waals surface area contributed by atoms with Crippen molar-refractivity contribution in [1.82, 2.24) is 0 Å². The first-order chi connectivity index (χ1) is 28.8. The van der Waals surface area contributed by atoms with Gasteiger partial charge in [0.15, 0.2) is 0 Å². The zero-order valence-corrected chi connectivity index (χ0v) is 36.1. The van der Waals surface area contributed by atoms with Crippen molar-refractivity contribution in [2.45, 2.75) is 162 Å². The van der Waals surface area contributed by atoms with Gasteiger partial charge < -0.3 is 0 Å². The molecule has 0 bridgehead atoms. The van der Waals surface area contributed by atoms with Gasteiger partial charge in [0.25, 0.3) is 0 Å². The summed E-state index contributed by atoms with van der Waals surface area (Å²) in [5.41, 5.74) is 0.00171. The second-order valence-corrected chi connectivity index (χ2v) is 14.6. The Morgan fingerprint density at radius 3 is 0.746 bits per heavy atom. The summed E-state index contributed by atoms with van der Waals surface area (Å²) in [5.74, 6) is 0.457. The molecule has 16 nitrogen and oxygen atoms in total. The molecular weight excluding hydrogens is 757 g/mol. The van der Waals surface area contributed by atoms with Gasteiger partial charge in [-0.05, 0) is 62.7 Å². The van der Waals surface area contributed by atoms with Gasteiger partial charge in [-0.25, -0.2) is 78.3 Å². The van der Waals surface area contributed by atoms with E-state index in [1.165, 1.54) is 68.9 Å². The topological polar surface area (TPSA) is 235 Å². The lowest BCUT2D eigenvalue weighted by molar-refractivity contribution is 0.280. The van der Waals surface area contributed by atoms with Gasteiger partial charge in [-0.1, -0.05) is 111 Å². The summed E-state index contributed by atoms with van der Waals surface area (Å²) >= 11 is 0. The fraction of sp³-hybridized carbons (Fsp3) is 0.814. The fourth-order valence-corrected chi connectivity index (χ4v) is 5.58. The normalized spacial score (nSPS) is 9.88. The van der Waals surface area contributed by atoms with E-state index in [9.17, 15) is 38.4 Å². The van der Waals surface area contributed by atoms with Crippen molar-refractivity contribution in [2.24, 2.45) is 51.3 Å². The minimum Gasteiger partial charge on any atom is -0.211 e. The number of isocyanates is 8. The Morgan fingerprint density at radius 1 is 0.322 bits per heavy atom. The number of hydrogen-bond acceptors (Lipinski definition) is 16. The molecular formula is C43H70N8O8. The molecule has 0 radical (unpaired) electrons. The number of rotatable bonds is 36. The number of carbonyl (C=O) groups excluding carboxylic acids is 8. The Morgan fingerprint density at radius 2 is 0.525 bits per heavy atom. The molecule has 0 saturated carbocycles. The van der Waals surface area contributed by atoms with E-state index in [-0.39, 0.29) is 5.41 Å². The summed E-state index contributed by atoms with van der Waals surface area (Å²) in [6.07, 6.45) is 36.2. The Labute approximate surface area is 352 Å². The molecule has 0 aromatic heterocycles. The molecule has 1 atom stereocenters. The van der Waals surface area contributed by atoms with Crippen LogP contribution in [0, 0.1) is 11.3 Å². The van der Waals surface area contributed by atoms with Crippen LogP contribution in [0.5, 0.6) is 0 Å². The molecule has 0 heterocycles. The molecule has 0 rings (SSSR count). The van der Waals surface area contributed by atoms with E-state index < -0.39 is 0 Å². The van der Waals surface area contributed by atoms with Crippen LogP contribution in [0.1, 0.15) is 162 Å².